The van der Waals surface area contributed by atoms with Gasteiger partial charge in [-0.1, -0.05) is 0 Å². The third-order valence-electron chi connectivity index (χ3n) is 2.62. The van der Waals surface area contributed by atoms with Gasteiger partial charge >= 0.3 is 6.03 Å². The number of hydrogen-bond donors (Lipinski definition) is 2. The molecule has 102 valence electrons. The molecule has 0 saturated heterocycles. The Hall–Kier alpha value is -1.07. The van der Waals surface area contributed by atoms with Gasteiger partial charge in [0.15, 0.2) is 0 Å². The van der Waals surface area contributed by atoms with Crippen LogP contribution in [-0.4, -0.2) is 34.7 Å². The summed E-state index contributed by atoms with van der Waals surface area (Å²) >= 11 is 1.64. The Bertz CT molecular complexity index is 396. The van der Waals surface area contributed by atoms with E-state index in [0.717, 1.165) is 0 Å². The summed E-state index contributed by atoms with van der Waals surface area (Å²) in [6.07, 6.45) is 0. The molecule has 0 radical (unpaired) electrons. The van der Waals surface area contributed by atoms with E-state index in [9.17, 15) is 9.90 Å². The second-order valence-electron chi connectivity index (χ2n) is 5.01. The molecule has 0 atom stereocenters. The van der Waals surface area contributed by atoms with Crippen LogP contribution in [0.2, 0.25) is 0 Å². The van der Waals surface area contributed by atoms with Crippen molar-refractivity contribution in [1.82, 2.24) is 10.2 Å². The molecule has 0 aliphatic heterocycles. The lowest BCUT2D eigenvalue weighted by atomic mass is 10.1. The largest absolute Gasteiger partial charge is 0.389 e. The lowest BCUT2D eigenvalue weighted by Crippen LogP contribution is -2.46. The summed E-state index contributed by atoms with van der Waals surface area (Å²) in [5, 5.41) is 14.6. The van der Waals surface area contributed by atoms with Crippen LogP contribution in [0.4, 0.5) is 4.79 Å². The molecule has 0 aliphatic rings. The van der Waals surface area contributed by atoms with Crippen LogP contribution in [0.25, 0.3) is 0 Å². The molecule has 18 heavy (non-hydrogen) atoms. The second kappa shape index (κ2) is 6.20. The van der Waals surface area contributed by atoms with Crippen LogP contribution < -0.4 is 5.32 Å². The fourth-order valence-corrected chi connectivity index (χ4v) is 2.49. The fraction of sp³-hybridized carbons (Fsp3) is 0.615. The van der Waals surface area contributed by atoms with Crippen molar-refractivity contribution >= 4 is 17.4 Å². The third kappa shape index (κ3) is 4.66. The van der Waals surface area contributed by atoms with Crippen LogP contribution in [0.1, 0.15) is 31.2 Å². The van der Waals surface area contributed by atoms with E-state index in [1.165, 1.54) is 10.4 Å². The molecule has 0 bridgehead atoms. The van der Waals surface area contributed by atoms with Crippen LogP contribution in [0.5, 0.6) is 0 Å². The van der Waals surface area contributed by atoms with Crippen LogP contribution in [0, 0.1) is 6.92 Å². The van der Waals surface area contributed by atoms with Crippen molar-refractivity contribution in [3.8, 4) is 0 Å². The number of nitrogens with zero attached hydrogens (tertiary/aromatic N) is 1. The Balaban J connectivity index is 2.51. The number of thiophene rings is 1. The summed E-state index contributed by atoms with van der Waals surface area (Å²) in [5.41, 5.74) is 0.331. The highest BCUT2D eigenvalue weighted by Gasteiger charge is 2.21. The Labute approximate surface area is 113 Å². The lowest BCUT2D eigenvalue weighted by Gasteiger charge is -2.28. The quantitative estimate of drug-likeness (QED) is 0.863. The van der Waals surface area contributed by atoms with Crippen LogP contribution in [0.15, 0.2) is 11.4 Å². The molecule has 0 unspecified atom stereocenters. The molecule has 1 aromatic heterocycles. The topological polar surface area (TPSA) is 52.6 Å². The molecule has 0 spiro atoms. The standard InChI is InChI=1S/C13H22N2O2S/c1-5-15(9-13(3,4)17)12(16)14-8-11-10(2)6-7-18-11/h6-7,17H,5,8-9H2,1-4H3,(H,14,16). The van der Waals surface area contributed by atoms with Crippen LogP contribution in [-0.2, 0) is 6.54 Å². The maximum absolute atomic E-state index is 12.0. The van der Waals surface area contributed by atoms with Gasteiger partial charge in [-0.3, -0.25) is 0 Å². The van der Waals surface area contributed by atoms with E-state index in [1.54, 1.807) is 30.1 Å². The first-order valence-electron chi connectivity index (χ1n) is 6.11. The Morgan fingerprint density at radius 2 is 2.22 bits per heavy atom. The molecular formula is C13H22N2O2S. The highest BCUT2D eigenvalue weighted by atomic mass is 32.1. The first kappa shape index (κ1) is 15.0. The first-order valence-corrected chi connectivity index (χ1v) is 6.99. The maximum Gasteiger partial charge on any atom is 0.317 e. The van der Waals surface area contributed by atoms with E-state index in [4.69, 9.17) is 0 Å². The third-order valence-corrected chi connectivity index (χ3v) is 3.64. The van der Waals surface area contributed by atoms with Gasteiger partial charge in [0.1, 0.15) is 0 Å². The van der Waals surface area contributed by atoms with Crippen molar-refractivity contribution in [3.63, 3.8) is 0 Å². The van der Waals surface area contributed by atoms with Crippen molar-refractivity contribution in [3.05, 3.63) is 21.9 Å². The molecule has 1 aromatic rings. The van der Waals surface area contributed by atoms with Gasteiger partial charge in [-0.15, -0.1) is 11.3 Å². The highest BCUT2D eigenvalue weighted by molar-refractivity contribution is 7.10. The number of nitrogens with one attached hydrogen (secondary N) is 1. The number of carbonyl (C=O) groups excluding carboxylic acids is 1. The van der Waals surface area contributed by atoms with Crippen molar-refractivity contribution < 1.29 is 9.90 Å². The molecule has 0 aliphatic carbocycles. The summed E-state index contributed by atoms with van der Waals surface area (Å²) in [6.45, 7) is 8.80. The van der Waals surface area contributed by atoms with E-state index in [1.807, 2.05) is 25.3 Å². The second-order valence-corrected chi connectivity index (χ2v) is 6.01. The number of hydrogen-bond acceptors (Lipinski definition) is 3. The number of aliphatic hydroxyl groups is 1. The average molecular weight is 270 g/mol. The van der Waals surface area contributed by atoms with E-state index >= 15 is 0 Å². The number of urea groups is 1. The summed E-state index contributed by atoms with van der Waals surface area (Å²) in [7, 11) is 0. The monoisotopic (exact) mass is 270 g/mol. The summed E-state index contributed by atoms with van der Waals surface area (Å²) in [4.78, 5) is 14.7. The zero-order chi connectivity index (χ0) is 13.8. The van der Waals surface area contributed by atoms with Gasteiger partial charge in [0.2, 0.25) is 0 Å². The number of aryl methyl sites for hydroxylation is 1. The Morgan fingerprint density at radius 1 is 1.56 bits per heavy atom. The van der Waals surface area contributed by atoms with Crippen LogP contribution >= 0.6 is 11.3 Å². The number of carbonyl (C=O) groups is 1. The molecule has 5 heteroatoms. The van der Waals surface area contributed by atoms with Gasteiger partial charge < -0.3 is 15.3 Å². The van der Waals surface area contributed by atoms with E-state index < -0.39 is 5.60 Å². The smallest absolute Gasteiger partial charge is 0.317 e. The van der Waals surface area contributed by atoms with Crippen molar-refractivity contribution in [2.24, 2.45) is 0 Å². The van der Waals surface area contributed by atoms with Gasteiger partial charge in [0, 0.05) is 11.4 Å². The number of rotatable bonds is 5. The molecule has 2 amide bonds. The molecule has 1 rings (SSSR count). The summed E-state index contributed by atoms with van der Waals surface area (Å²) in [6, 6.07) is 1.91. The molecule has 4 nitrogen and oxygen atoms in total. The zero-order valence-corrected chi connectivity index (χ0v) is 12.3. The lowest BCUT2D eigenvalue weighted by molar-refractivity contribution is 0.0480. The summed E-state index contributed by atoms with van der Waals surface area (Å²) < 4.78 is 0. The minimum absolute atomic E-state index is 0.132. The van der Waals surface area contributed by atoms with Crippen molar-refractivity contribution in [2.75, 3.05) is 13.1 Å². The van der Waals surface area contributed by atoms with Crippen LogP contribution in [0.3, 0.4) is 0 Å². The molecular weight excluding hydrogens is 248 g/mol. The predicted octanol–water partition coefficient (Wildman–Crippen LogP) is 2.36. The maximum atomic E-state index is 12.0. The van der Waals surface area contributed by atoms with Gasteiger partial charge in [0.05, 0.1) is 18.7 Å². The molecule has 0 aromatic carbocycles. The minimum atomic E-state index is -0.869. The Morgan fingerprint density at radius 3 is 2.67 bits per heavy atom. The number of likely N-dealkylation sites (N-methyl/N-ethyl adjacent to an activating group) is 1. The van der Waals surface area contributed by atoms with E-state index in [0.29, 0.717) is 19.6 Å². The minimum Gasteiger partial charge on any atom is -0.389 e. The molecule has 2 N–H and O–H groups in total. The number of amides is 2. The first-order chi connectivity index (χ1) is 8.33. The Kier molecular flexibility index (Phi) is 5.16. The van der Waals surface area contributed by atoms with Gasteiger partial charge in [0.25, 0.3) is 0 Å². The summed E-state index contributed by atoms with van der Waals surface area (Å²) in [5.74, 6) is 0. The molecule has 1 heterocycles. The average Bonchev–Trinajstić information content (AvgIpc) is 2.67. The zero-order valence-electron chi connectivity index (χ0n) is 11.5. The van der Waals surface area contributed by atoms with Crippen molar-refractivity contribution in [1.29, 1.82) is 0 Å². The molecule has 0 saturated carbocycles. The highest BCUT2D eigenvalue weighted by Crippen LogP contribution is 2.15. The predicted molar refractivity (Wildman–Crippen MR) is 74.8 cm³/mol. The fourth-order valence-electron chi connectivity index (χ4n) is 1.65. The van der Waals surface area contributed by atoms with Gasteiger partial charge in [-0.25, -0.2) is 4.79 Å². The molecule has 0 fully saturated rings. The van der Waals surface area contributed by atoms with Gasteiger partial charge in [-0.2, -0.15) is 0 Å². The normalized spacial score (nSPS) is 11.4. The SMILES string of the molecule is CCN(CC(C)(C)O)C(=O)NCc1sccc1C. The van der Waals surface area contributed by atoms with Gasteiger partial charge in [-0.05, 0) is 44.7 Å². The van der Waals surface area contributed by atoms with E-state index in [-0.39, 0.29) is 6.03 Å². The van der Waals surface area contributed by atoms with Crippen molar-refractivity contribution in [2.45, 2.75) is 39.8 Å². The van der Waals surface area contributed by atoms with E-state index in [2.05, 4.69) is 5.32 Å².